The summed E-state index contributed by atoms with van der Waals surface area (Å²) in [6, 6.07) is 9.27. The summed E-state index contributed by atoms with van der Waals surface area (Å²) in [5, 5.41) is 3.12. The summed E-state index contributed by atoms with van der Waals surface area (Å²) in [6.45, 7) is 3.97. The highest BCUT2D eigenvalue weighted by molar-refractivity contribution is 5.91. The molecule has 4 fully saturated rings. The third-order valence-electron chi connectivity index (χ3n) is 8.19. The van der Waals surface area contributed by atoms with E-state index in [4.69, 9.17) is 4.74 Å². The molecule has 7 nitrogen and oxygen atoms in total. The second kappa shape index (κ2) is 8.22. The minimum Gasteiger partial charge on any atom is -0.439 e. The number of amides is 1. The molecule has 0 unspecified atom stereocenters. The van der Waals surface area contributed by atoms with Crippen molar-refractivity contribution in [3.8, 4) is 17.4 Å². The first-order valence-electron chi connectivity index (χ1n) is 12.4. The van der Waals surface area contributed by atoms with Gasteiger partial charge in [-0.25, -0.2) is 15.0 Å². The number of benzene rings is 1. The second-order valence-corrected chi connectivity index (χ2v) is 10.8. The highest BCUT2D eigenvalue weighted by atomic mass is 16.5. The normalized spacial score (nSPS) is 27.1. The predicted octanol–water partition coefficient (Wildman–Crippen LogP) is 5.62. The minimum atomic E-state index is 0.141. The highest BCUT2D eigenvalue weighted by Crippen LogP contribution is 2.61. The molecule has 34 heavy (non-hydrogen) atoms. The van der Waals surface area contributed by atoms with E-state index in [0.29, 0.717) is 23.9 Å². The first-order valence-corrected chi connectivity index (χ1v) is 12.4. The number of ether oxygens (including phenoxy) is 1. The first-order chi connectivity index (χ1) is 16.4. The molecular formula is C27H31N5O2. The number of hydrogen-bond donors (Lipinski definition) is 1. The summed E-state index contributed by atoms with van der Waals surface area (Å²) in [5.41, 5.74) is 3.04. The maximum absolute atomic E-state index is 12.9. The van der Waals surface area contributed by atoms with Crippen molar-refractivity contribution in [2.45, 2.75) is 58.8 Å². The van der Waals surface area contributed by atoms with Crippen LogP contribution in [0.25, 0.3) is 5.82 Å². The lowest BCUT2D eigenvalue weighted by molar-refractivity contribution is -0.124. The van der Waals surface area contributed by atoms with Crippen molar-refractivity contribution in [2.75, 3.05) is 5.32 Å². The van der Waals surface area contributed by atoms with Crippen molar-refractivity contribution in [3.63, 3.8) is 0 Å². The molecule has 7 heteroatoms. The maximum Gasteiger partial charge on any atom is 0.224 e. The largest absolute Gasteiger partial charge is 0.439 e. The Labute approximate surface area is 200 Å². The fourth-order valence-electron chi connectivity index (χ4n) is 7.03. The lowest BCUT2D eigenvalue weighted by Crippen LogP contribution is -2.47. The van der Waals surface area contributed by atoms with Gasteiger partial charge in [0.2, 0.25) is 11.8 Å². The molecule has 176 valence electrons. The van der Waals surface area contributed by atoms with E-state index in [9.17, 15) is 4.79 Å². The molecule has 1 aromatic carbocycles. The Morgan fingerprint density at radius 3 is 2.32 bits per heavy atom. The molecule has 1 amide bonds. The Hall–Kier alpha value is -3.22. The third-order valence-corrected chi connectivity index (χ3v) is 8.19. The highest BCUT2D eigenvalue weighted by Gasteiger charge is 2.51. The number of anilines is 1. The van der Waals surface area contributed by atoms with E-state index < -0.39 is 0 Å². The average Bonchev–Trinajstić information content (AvgIpc) is 3.12. The lowest BCUT2D eigenvalue weighted by Gasteiger charge is -2.56. The van der Waals surface area contributed by atoms with Gasteiger partial charge in [-0.1, -0.05) is 0 Å². The number of nitrogens with one attached hydrogen (secondary N) is 1. The van der Waals surface area contributed by atoms with E-state index in [1.54, 1.807) is 12.4 Å². The second-order valence-electron chi connectivity index (χ2n) is 10.8. The van der Waals surface area contributed by atoms with Gasteiger partial charge in [-0.2, -0.15) is 0 Å². The molecule has 4 bridgehead atoms. The van der Waals surface area contributed by atoms with Crippen LogP contribution in [0.4, 0.5) is 5.69 Å². The van der Waals surface area contributed by atoms with Gasteiger partial charge in [-0.3, -0.25) is 9.36 Å². The van der Waals surface area contributed by atoms with Gasteiger partial charge in [0.1, 0.15) is 24.2 Å². The molecule has 0 spiro atoms. The fraction of sp³-hybridized carbons (Fsp3) is 0.481. The van der Waals surface area contributed by atoms with Crippen LogP contribution in [-0.2, 0) is 4.79 Å². The Kier molecular flexibility index (Phi) is 5.15. The maximum atomic E-state index is 12.9. The summed E-state index contributed by atoms with van der Waals surface area (Å²) in [6.07, 6.45) is 11.8. The van der Waals surface area contributed by atoms with Gasteiger partial charge in [0.25, 0.3) is 0 Å². The van der Waals surface area contributed by atoms with E-state index >= 15 is 0 Å². The zero-order chi connectivity index (χ0) is 23.3. The molecular weight excluding hydrogens is 426 g/mol. The van der Waals surface area contributed by atoms with E-state index in [2.05, 4.69) is 20.3 Å². The van der Waals surface area contributed by atoms with Crippen LogP contribution in [0.3, 0.4) is 0 Å². The van der Waals surface area contributed by atoms with Crippen molar-refractivity contribution in [3.05, 3.63) is 54.4 Å². The minimum absolute atomic E-state index is 0.141. The van der Waals surface area contributed by atoms with Gasteiger partial charge >= 0.3 is 0 Å². The van der Waals surface area contributed by atoms with E-state index in [0.717, 1.165) is 34.8 Å². The standard InChI is InChI=1S/C27H31N5O2/c1-17-18(2)32(16-30-17)24-10-26(29-15-28-24)34-23-5-3-22(4-6-23)31-25(33)14-27-11-19-7-20(12-27)9-21(8-19)13-27/h3-6,10,15-16,19-21H,7-9,11-14H2,1-2H3,(H,31,33). The van der Waals surface area contributed by atoms with Gasteiger partial charge in [0, 0.05) is 23.9 Å². The van der Waals surface area contributed by atoms with E-state index in [-0.39, 0.29) is 11.3 Å². The van der Waals surface area contributed by atoms with E-state index in [1.807, 2.05) is 42.7 Å². The van der Waals surface area contributed by atoms with Crippen molar-refractivity contribution < 1.29 is 9.53 Å². The van der Waals surface area contributed by atoms with Crippen LogP contribution >= 0.6 is 0 Å². The number of hydrogen-bond acceptors (Lipinski definition) is 5. The van der Waals surface area contributed by atoms with Crippen molar-refractivity contribution in [1.29, 1.82) is 0 Å². The molecule has 0 atom stereocenters. The average molecular weight is 458 g/mol. The van der Waals surface area contributed by atoms with Gasteiger partial charge in [-0.15, -0.1) is 0 Å². The molecule has 1 N–H and O–H groups in total. The summed E-state index contributed by atoms with van der Waals surface area (Å²) in [4.78, 5) is 25.8. The molecule has 2 heterocycles. The number of imidazole rings is 1. The zero-order valence-corrected chi connectivity index (χ0v) is 19.8. The predicted molar refractivity (Wildman–Crippen MR) is 129 cm³/mol. The quantitative estimate of drug-likeness (QED) is 0.520. The summed E-state index contributed by atoms with van der Waals surface area (Å²) in [5.74, 6) is 4.54. The molecule has 4 aliphatic carbocycles. The van der Waals surface area contributed by atoms with Crippen LogP contribution in [0.5, 0.6) is 11.6 Å². The zero-order valence-electron chi connectivity index (χ0n) is 19.8. The summed E-state index contributed by atoms with van der Waals surface area (Å²) < 4.78 is 7.85. The Morgan fingerprint density at radius 1 is 1.03 bits per heavy atom. The molecule has 7 rings (SSSR count). The lowest BCUT2D eigenvalue weighted by atomic mass is 9.49. The monoisotopic (exact) mass is 457 g/mol. The molecule has 3 aromatic rings. The Balaban J connectivity index is 1.09. The first kappa shape index (κ1) is 21.3. The van der Waals surface area contributed by atoms with Crippen LogP contribution in [0.1, 0.15) is 56.3 Å². The van der Waals surface area contributed by atoms with Crippen LogP contribution < -0.4 is 10.1 Å². The van der Waals surface area contributed by atoms with Crippen LogP contribution in [-0.4, -0.2) is 25.4 Å². The number of carbonyl (C=O) groups is 1. The van der Waals surface area contributed by atoms with Crippen molar-refractivity contribution in [2.24, 2.45) is 23.2 Å². The molecule has 0 saturated heterocycles. The van der Waals surface area contributed by atoms with Crippen LogP contribution in [0.15, 0.2) is 43.0 Å². The van der Waals surface area contributed by atoms with Gasteiger partial charge in [0.15, 0.2) is 0 Å². The topological polar surface area (TPSA) is 81.9 Å². The molecule has 4 saturated carbocycles. The molecule has 0 radical (unpaired) electrons. The third kappa shape index (κ3) is 4.08. The fourth-order valence-corrected chi connectivity index (χ4v) is 7.03. The van der Waals surface area contributed by atoms with E-state index in [1.165, 1.54) is 44.9 Å². The van der Waals surface area contributed by atoms with Gasteiger partial charge in [-0.05, 0) is 99.8 Å². The number of aryl methyl sites for hydroxylation is 1. The Bertz CT molecular complexity index is 1180. The van der Waals surface area contributed by atoms with Crippen LogP contribution in [0.2, 0.25) is 0 Å². The molecule has 2 aromatic heterocycles. The summed E-state index contributed by atoms with van der Waals surface area (Å²) >= 11 is 0. The SMILES string of the molecule is Cc1ncn(-c2cc(Oc3ccc(NC(=O)CC45CC6CC(CC(C6)C4)C5)cc3)ncn2)c1C. The molecule has 0 aliphatic heterocycles. The number of nitrogens with zero attached hydrogens (tertiary/aromatic N) is 4. The number of aromatic nitrogens is 4. The van der Waals surface area contributed by atoms with Crippen LogP contribution in [0, 0.1) is 37.0 Å². The van der Waals surface area contributed by atoms with Gasteiger partial charge in [0.05, 0.1) is 5.69 Å². The van der Waals surface area contributed by atoms with Crippen molar-refractivity contribution in [1.82, 2.24) is 19.5 Å². The Morgan fingerprint density at radius 2 is 1.71 bits per heavy atom. The van der Waals surface area contributed by atoms with Crippen molar-refractivity contribution >= 4 is 11.6 Å². The number of carbonyl (C=O) groups excluding carboxylic acids is 1. The smallest absolute Gasteiger partial charge is 0.224 e. The summed E-state index contributed by atoms with van der Waals surface area (Å²) in [7, 11) is 0. The molecule has 4 aliphatic rings. The van der Waals surface area contributed by atoms with Gasteiger partial charge < -0.3 is 10.1 Å². The number of rotatable bonds is 6.